The van der Waals surface area contributed by atoms with E-state index >= 15 is 0 Å². The topological polar surface area (TPSA) is 38.5 Å². The van der Waals surface area contributed by atoms with Crippen LogP contribution in [-0.4, -0.2) is 41.7 Å². The van der Waals surface area contributed by atoms with Crippen LogP contribution in [0.2, 0.25) is 0 Å². The van der Waals surface area contributed by atoms with Crippen LogP contribution < -0.4 is 5.73 Å². The van der Waals surface area contributed by atoms with Crippen LogP contribution in [0.25, 0.3) is 0 Å². The van der Waals surface area contributed by atoms with E-state index in [9.17, 15) is 0 Å². The molecule has 0 aromatic carbocycles. The fourth-order valence-electron chi connectivity index (χ4n) is 1.89. The van der Waals surface area contributed by atoms with Crippen molar-refractivity contribution < 1.29 is 4.74 Å². The molecule has 1 rings (SSSR count). The van der Waals surface area contributed by atoms with Crippen LogP contribution in [0.15, 0.2) is 0 Å². The van der Waals surface area contributed by atoms with E-state index in [1.165, 1.54) is 0 Å². The van der Waals surface area contributed by atoms with Gasteiger partial charge in [0.25, 0.3) is 0 Å². The van der Waals surface area contributed by atoms with E-state index in [4.69, 9.17) is 22.7 Å². The van der Waals surface area contributed by atoms with Crippen molar-refractivity contribution in [1.82, 2.24) is 4.90 Å². The third-order valence-corrected chi connectivity index (χ3v) is 2.86. The molecule has 1 atom stereocenters. The van der Waals surface area contributed by atoms with Crippen LogP contribution in [0, 0.1) is 0 Å². The molecule has 0 aliphatic carbocycles. The zero-order chi connectivity index (χ0) is 10.6. The maximum Gasteiger partial charge on any atom is 0.0740 e. The van der Waals surface area contributed by atoms with Gasteiger partial charge in [-0.3, -0.25) is 4.90 Å². The third-order valence-electron chi connectivity index (χ3n) is 2.65. The lowest BCUT2D eigenvalue weighted by Gasteiger charge is -2.31. The van der Waals surface area contributed by atoms with Gasteiger partial charge < -0.3 is 10.5 Å². The fourth-order valence-corrected chi connectivity index (χ4v) is 1.98. The van der Waals surface area contributed by atoms with Gasteiger partial charge in [0.05, 0.1) is 11.6 Å². The summed E-state index contributed by atoms with van der Waals surface area (Å²) in [7, 11) is 0. The van der Waals surface area contributed by atoms with Gasteiger partial charge in [0.15, 0.2) is 0 Å². The third kappa shape index (κ3) is 3.52. The lowest BCUT2D eigenvalue weighted by molar-refractivity contribution is 0.123. The van der Waals surface area contributed by atoms with Crippen LogP contribution in [-0.2, 0) is 4.74 Å². The largest absolute Gasteiger partial charge is 0.393 e. The quantitative estimate of drug-likeness (QED) is 0.700. The Bertz CT molecular complexity index is 191. The highest BCUT2D eigenvalue weighted by Crippen LogP contribution is 2.15. The maximum atomic E-state index is 5.51. The molecule has 0 aromatic rings. The molecule has 1 aliphatic heterocycles. The standard InChI is InChI=1S/C10H20N2OS/c1-8(2)12(5-3-10(11)14)9-4-6-13-7-9/h8-9H,3-7H2,1-2H3,(H2,11,14). The number of ether oxygens (including phenoxy) is 1. The van der Waals surface area contributed by atoms with Crippen LogP contribution in [0.3, 0.4) is 0 Å². The van der Waals surface area contributed by atoms with Crippen molar-refractivity contribution in [2.75, 3.05) is 19.8 Å². The number of hydrogen-bond acceptors (Lipinski definition) is 3. The molecule has 14 heavy (non-hydrogen) atoms. The van der Waals surface area contributed by atoms with E-state index in [1.807, 2.05) is 0 Å². The SMILES string of the molecule is CC(C)N(CCC(N)=S)C1CCOC1. The Balaban J connectivity index is 2.41. The molecular formula is C10H20N2OS. The number of thiocarbonyl (C=S) groups is 1. The number of nitrogens with two attached hydrogens (primary N) is 1. The van der Waals surface area contributed by atoms with Crippen LogP contribution in [0.4, 0.5) is 0 Å². The molecule has 0 saturated carbocycles. The molecule has 0 radical (unpaired) electrons. The first kappa shape index (κ1) is 11.9. The molecule has 0 amide bonds. The van der Waals surface area contributed by atoms with Crippen molar-refractivity contribution in [1.29, 1.82) is 0 Å². The van der Waals surface area contributed by atoms with Gasteiger partial charge >= 0.3 is 0 Å². The van der Waals surface area contributed by atoms with E-state index in [-0.39, 0.29) is 0 Å². The van der Waals surface area contributed by atoms with Crippen LogP contribution >= 0.6 is 12.2 Å². The van der Waals surface area contributed by atoms with Crippen molar-refractivity contribution in [3.8, 4) is 0 Å². The van der Waals surface area contributed by atoms with Crippen molar-refractivity contribution in [3.63, 3.8) is 0 Å². The highest BCUT2D eigenvalue weighted by molar-refractivity contribution is 7.80. The predicted molar refractivity (Wildman–Crippen MR) is 62.5 cm³/mol. The minimum absolute atomic E-state index is 0.538. The second kappa shape index (κ2) is 5.63. The highest BCUT2D eigenvalue weighted by Gasteiger charge is 2.24. The van der Waals surface area contributed by atoms with Crippen molar-refractivity contribution in [3.05, 3.63) is 0 Å². The average molecular weight is 216 g/mol. The van der Waals surface area contributed by atoms with E-state index in [0.29, 0.717) is 17.1 Å². The molecule has 4 heteroatoms. The van der Waals surface area contributed by atoms with Crippen molar-refractivity contribution in [2.45, 2.75) is 38.8 Å². The molecule has 0 bridgehead atoms. The summed E-state index contributed by atoms with van der Waals surface area (Å²) in [6.45, 7) is 7.12. The summed E-state index contributed by atoms with van der Waals surface area (Å²) >= 11 is 4.90. The molecule has 1 unspecified atom stereocenters. The molecule has 2 N–H and O–H groups in total. The molecular weight excluding hydrogens is 196 g/mol. The molecule has 1 aliphatic rings. The fraction of sp³-hybridized carbons (Fsp3) is 0.900. The minimum atomic E-state index is 0.538. The summed E-state index contributed by atoms with van der Waals surface area (Å²) in [4.78, 5) is 3.04. The van der Waals surface area contributed by atoms with Crippen LogP contribution in [0.5, 0.6) is 0 Å². The van der Waals surface area contributed by atoms with Crippen LogP contribution in [0.1, 0.15) is 26.7 Å². The first-order valence-corrected chi connectivity index (χ1v) is 5.64. The molecule has 0 spiro atoms. The van der Waals surface area contributed by atoms with Gasteiger partial charge in [0, 0.05) is 31.7 Å². The number of nitrogens with zero attached hydrogens (tertiary/aromatic N) is 1. The van der Waals surface area contributed by atoms with Gasteiger partial charge in [-0.15, -0.1) is 0 Å². The zero-order valence-electron chi connectivity index (χ0n) is 9.03. The Kier molecular flexibility index (Phi) is 4.78. The second-order valence-corrected chi connectivity index (χ2v) is 4.59. The molecule has 1 saturated heterocycles. The Labute approximate surface area is 91.6 Å². The molecule has 1 heterocycles. The minimum Gasteiger partial charge on any atom is -0.393 e. The molecule has 82 valence electrons. The lowest BCUT2D eigenvalue weighted by atomic mass is 10.1. The molecule has 1 fully saturated rings. The maximum absolute atomic E-state index is 5.51. The Hall–Kier alpha value is -0.190. The molecule has 0 aromatic heterocycles. The molecule has 3 nitrogen and oxygen atoms in total. The van der Waals surface area contributed by atoms with Gasteiger partial charge in [-0.2, -0.15) is 0 Å². The number of rotatable bonds is 5. The van der Waals surface area contributed by atoms with Gasteiger partial charge in [-0.25, -0.2) is 0 Å². The first-order chi connectivity index (χ1) is 6.61. The zero-order valence-corrected chi connectivity index (χ0v) is 9.85. The first-order valence-electron chi connectivity index (χ1n) is 5.23. The average Bonchev–Trinajstić information content (AvgIpc) is 2.56. The van der Waals surface area contributed by atoms with Gasteiger partial charge in [0.1, 0.15) is 0 Å². The smallest absolute Gasteiger partial charge is 0.0740 e. The van der Waals surface area contributed by atoms with Crippen molar-refractivity contribution in [2.24, 2.45) is 5.73 Å². The Morgan fingerprint density at radius 3 is 2.79 bits per heavy atom. The monoisotopic (exact) mass is 216 g/mol. The Morgan fingerprint density at radius 2 is 2.36 bits per heavy atom. The van der Waals surface area contributed by atoms with Crippen molar-refractivity contribution >= 4 is 17.2 Å². The van der Waals surface area contributed by atoms with Gasteiger partial charge in [0.2, 0.25) is 0 Å². The lowest BCUT2D eigenvalue weighted by Crippen LogP contribution is -2.42. The normalized spacial score (nSPS) is 22.1. The summed E-state index contributed by atoms with van der Waals surface area (Å²) in [5.41, 5.74) is 5.51. The van der Waals surface area contributed by atoms with E-state index < -0.39 is 0 Å². The second-order valence-electron chi connectivity index (χ2n) is 4.07. The van der Waals surface area contributed by atoms with E-state index in [1.54, 1.807) is 0 Å². The summed E-state index contributed by atoms with van der Waals surface area (Å²) < 4.78 is 5.39. The van der Waals surface area contributed by atoms with E-state index in [2.05, 4.69) is 18.7 Å². The summed E-state index contributed by atoms with van der Waals surface area (Å²) in [5, 5.41) is 0. The number of hydrogen-bond donors (Lipinski definition) is 1. The van der Waals surface area contributed by atoms with Gasteiger partial charge in [-0.1, -0.05) is 12.2 Å². The Morgan fingerprint density at radius 1 is 1.64 bits per heavy atom. The predicted octanol–water partition coefficient (Wildman–Crippen LogP) is 1.16. The summed E-state index contributed by atoms with van der Waals surface area (Å²) in [6.07, 6.45) is 1.94. The highest BCUT2D eigenvalue weighted by atomic mass is 32.1. The van der Waals surface area contributed by atoms with Gasteiger partial charge in [-0.05, 0) is 20.3 Å². The van der Waals surface area contributed by atoms with E-state index in [0.717, 1.165) is 32.6 Å². The summed E-state index contributed by atoms with van der Waals surface area (Å²) in [5.74, 6) is 0. The summed E-state index contributed by atoms with van der Waals surface area (Å²) in [6, 6.07) is 1.10.